The van der Waals surface area contributed by atoms with Gasteiger partial charge in [0.25, 0.3) is 0 Å². The normalized spacial score (nSPS) is 12.1. The molecule has 0 unspecified atom stereocenters. The van der Waals surface area contributed by atoms with Crippen molar-refractivity contribution in [1.82, 2.24) is 0 Å². The molecule has 0 aliphatic heterocycles. The Labute approximate surface area is 118 Å². The number of carbonyl (C=O) groups is 1. The molecule has 0 aliphatic rings. The minimum absolute atomic E-state index is 0.115. The quantitative estimate of drug-likeness (QED) is 0.312. The Morgan fingerprint density at radius 3 is 1.95 bits per heavy atom. The highest BCUT2D eigenvalue weighted by Gasteiger charge is 2.06. The first-order valence-corrected chi connectivity index (χ1v) is 7.61. The second kappa shape index (κ2) is 13.6. The van der Waals surface area contributed by atoms with Crippen molar-refractivity contribution in [3.63, 3.8) is 0 Å². The van der Waals surface area contributed by atoms with E-state index in [1.165, 1.54) is 45.4 Å². The maximum Gasteiger partial charge on any atom is 0.303 e. The first kappa shape index (κ1) is 18.2. The van der Waals surface area contributed by atoms with Gasteiger partial charge in [0.15, 0.2) is 0 Å². The molecule has 0 rings (SSSR count). The van der Waals surface area contributed by atoms with Gasteiger partial charge in [0.1, 0.15) is 6.10 Å². The van der Waals surface area contributed by atoms with E-state index in [9.17, 15) is 4.79 Å². The molecule has 0 aromatic heterocycles. The van der Waals surface area contributed by atoms with Gasteiger partial charge in [-0.15, -0.1) is 0 Å². The van der Waals surface area contributed by atoms with Crippen LogP contribution in [-0.4, -0.2) is 23.8 Å². The molecule has 0 saturated carbocycles. The van der Waals surface area contributed by atoms with Crippen molar-refractivity contribution in [2.45, 2.75) is 77.2 Å². The Morgan fingerprint density at radius 1 is 1.05 bits per heavy atom. The van der Waals surface area contributed by atoms with Crippen LogP contribution in [0.15, 0.2) is 12.7 Å². The molecule has 1 N–H and O–H groups in total. The summed E-state index contributed by atoms with van der Waals surface area (Å²) in [6.45, 7) is 5.45. The summed E-state index contributed by atoms with van der Waals surface area (Å²) in [7, 11) is 0. The van der Waals surface area contributed by atoms with E-state index in [4.69, 9.17) is 9.84 Å². The fraction of sp³-hybridized carbons (Fsp3) is 0.812. The third-order valence-electron chi connectivity index (χ3n) is 3.23. The Balaban J connectivity index is 3.25. The second-order valence-electron chi connectivity index (χ2n) is 5.08. The molecule has 0 spiro atoms. The van der Waals surface area contributed by atoms with Gasteiger partial charge in [0, 0.05) is 13.5 Å². The smallest absolute Gasteiger partial charge is 0.303 e. The van der Waals surface area contributed by atoms with E-state index in [2.05, 4.69) is 6.58 Å². The van der Waals surface area contributed by atoms with Crippen LogP contribution in [0.25, 0.3) is 0 Å². The third-order valence-corrected chi connectivity index (χ3v) is 3.23. The van der Waals surface area contributed by atoms with E-state index in [0.717, 1.165) is 25.7 Å². The molecule has 0 aromatic carbocycles. The van der Waals surface area contributed by atoms with Gasteiger partial charge in [-0.1, -0.05) is 57.6 Å². The Bertz CT molecular complexity index is 226. The molecular weight excluding hydrogens is 240 g/mol. The van der Waals surface area contributed by atoms with Crippen LogP contribution in [-0.2, 0) is 9.53 Å². The summed E-state index contributed by atoms with van der Waals surface area (Å²) in [5.74, 6) is -0.229. The molecule has 3 nitrogen and oxygen atoms in total. The maximum atomic E-state index is 10.8. The van der Waals surface area contributed by atoms with Crippen LogP contribution >= 0.6 is 0 Å². The van der Waals surface area contributed by atoms with Crippen LogP contribution in [0.5, 0.6) is 0 Å². The Kier molecular flexibility index (Phi) is 13.0. The highest BCUT2D eigenvalue weighted by Crippen LogP contribution is 2.12. The number of hydrogen-bond donors (Lipinski definition) is 1. The largest absolute Gasteiger partial charge is 0.458 e. The number of esters is 1. The lowest BCUT2D eigenvalue weighted by Gasteiger charge is -2.12. The minimum atomic E-state index is -0.229. The van der Waals surface area contributed by atoms with Gasteiger partial charge in [-0.2, -0.15) is 0 Å². The molecule has 1 atom stereocenters. The number of aliphatic hydroxyl groups is 1. The molecular formula is C16H30O3. The maximum absolute atomic E-state index is 10.8. The molecule has 19 heavy (non-hydrogen) atoms. The van der Waals surface area contributed by atoms with Crippen molar-refractivity contribution < 1.29 is 14.6 Å². The Morgan fingerprint density at radius 2 is 1.53 bits per heavy atom. The van der Waals surface area contributed by atoms with Crippen LogP contribution < -0.4 is 0 Å². The van der Waals surface area contributed by atoms with Crippen LogP contribution in [0, 0.1) is 0 Å². The lowest BCUT2D eigenvalue weighted by atomic mass is 10.0. The second-order valence-corrected chi connectivity index (χ2v) is 5.08. The summed E-state index contributed by atoms with van der Waals surface area (Å²) in [4.78, 5) is 10.8. The standard InChI is InChI=1S/C16H30O3/c1-3-16(19-15(2)18)13-11-9-7-5-4-6-8-10-12-14-17/h3,16-17H,1,4-14H2,2H3/t16-/m1/s1. The number of rotatable bonds is 13. The summed E-state index contributed by atoms with van der Waals surface area (Å²) in [5.41, 5.74) is 0. The summed E-state index contributed by atoms with van der Waals surface area (Å²) < 4.78 is 5.10. The number of carbonyl (C=O) groups excluding carboxylic acids is 1. The third kappa shape index (κ3) is 13.4. The molecule has 0 amide bonds. The number of aliphatic hydroxyl groups excluding tert-OH is 1. The lowest BCUT2D eigenvalue weighted by molar-refractivity contribution is -0.144. The Hall–Kier alpha value is -0.830. The van der Waals surface area contributed by atoms with E-state index in [1.807, 2.05) is 0 Å². The van der Waals surface area contributed by atoms with Crippen molar-refractivity contribution in [1.29, 1.82) is 0 Å². The zero-order valence-corrected chi connectivity index (χ0v) is 12.4. The average molecular weight is 270 g/mol. The zero-order valence-electron chi connectivity index (χ0n) is 12.4. The van der Waals surface area contributed by atoms with E-state index in [0.29, 0.717) is 6.61 Å². The zero-order chi connectivity index (χ0) is 14.3. The highest BCUT2D eigenvalue weighted by atomic mass is 16.5. The molecule has 0 radical (unpaired) electrons. The summed E-state index contributed by atoms with van der Waals surface area (Å²) in [5, 5.41) is 8.65. The van der Waals surface area contributed by atoms with Gasteiger partial charge < -0.3 is 9.84 Å². The van der Waals surface area contributed by atoms with Crippen LogP contribution in [0.2, 0.25) is 0 Å². The number of hydrogen-bond acceptors (Lipinski definition) is 3. The topological polar surface area (TPSA) is 46.5 Å². The van der Waals surface area contributed by atoms with Crippen molar-refractivity contribution in [3.05, 3.63) is 12.7 Å². The molecule has 0 heterocycles. The molecule has 0 aliphatic carbocycles. The lowest BCUT2D eigenvalue weighted by Crippen LogP contribution is -2.13. The van der Waals surface area contributed by atoms with Gasteiger partial charge in [0.05, 0.1) is 0 Å². The van der Waals surface area contributed by atoms with E-state index < -0.39 is 0 Å². The molecule has 3 heteroatoms. The van der Waals surface area contributed by atoms with Crippen molar-refractivity contribution >= 4 is 5.97 Å². The highest BCUT2D eigenvalue weighted by molar-refractivity contribution is 5.66. The minimum Gasteiger partial charge on any atom is -0.458 e. The van der Waals surface area contributed by atoms with E-state index >= 15 is 0 Å². The van der Waals surface area contributed by atoms with Crippen LogP contribution in [0.4, 0.5) is 0 Å². The number of unbranched alkanes of at least 4 members (excludes halogenated alkanes) is 8. The monoisotopic (exact) mass is 270 g/mol. The van der Waals surface area contributed by atoms with Gasteiger partial charge in [-0.05, 0) is 19.3 Å². The predicted octanol–water partition coefficient (Wildman–Crippen LogP) is 4.00. The van der Waals surface area contributed by atoms with Crippen molar-refractivity contribution in [2.75, 3.05) is 6.61 Å². The van der Waals surface area contributed by atoms with Crippen molar-refractivity contribution in [3.8, 4) is 0 Å². The fourth-order valence-electron chi connectivity index (χ4n) is 2.13. The summed E-state index contributed by atoms with van der Waals surface area (Å²) in [6, 6.07) is 0. The molecule has 0 aromatic rings. The predicted molar refractivity (Wildman–Crippen MR) is 79.0 cm³/mol. The SMILES string of the molecule is C=C[C@H](CCCCCCCCCCCO)OC(C)=O. The fourth-order valence-corrected chi connectivity index (χ4v) is 2.13. The first-order chi connectivity index (χ1) is 9.20. The molecule has 0 saturated heterocycles. The van der Waals surface area contributed by atoms with Gasteiger partial charge in [-0.25, -0.2) is 0 Å². The summed E-state index contributed by atoms with van der Waals surface area (Å²) >= 11 is 0. The van der Waals surface area contributed by atoms with E-state index in [-0.39, 0.29) is 12.1 Å². The van der Waals surface area contributed by atoms with Gasteiger partial charge in [-0.3, -0.25) is 4.79 Å². The summed E-state index contributed by atoms with van der Waals surface area (Å²) in [6.07, 6.45) is 13.2. The molecule has 0 fully saturated rings. The van der Waals surface area contributed by atoms with Crippen LogP contribution in [0.3, 0.4) is 0 Å². The molecule has 0 bridgehead atoms. The number of ether oxygens (including phenoxy) is 1. The van der Waals surface area contributed by atoms with Gasteiger partial charge in [0.2, 0.25) is 0 Å². The first-order valence-electron chi connectivity index (χ1n) is 7.61. The average Bonchev–Trinajstić information content (AvgIpc) is 2.39. The van der Waals surface area contributed by atoms with Crippen LogP contribution in [0.1, 0.15) is 71.1 Å². The van der Waals surface area contributed by atoms with E-state index in [1.54, 1.807) is 6.08 Å². The molecule has 112 valence electrons. The van der Waals surface area contributed by atoms with Crippen molar-refractivity contribution in [2.24, 2.45) is 0 Å². The van der Waals surface area contributed by atoms with Gasteiger partial charge >= 0.3 is 5.97 Å².